The molecule has 1 aliphatic rings. The molecule has 0 bridgehead atoms. The first-order chi connectivity index (χ1) is 13.2. The number of hydrogen-bond donors (Lipinski definition) is 1. The molecule has 1 aliphatic heterocycles. The number of benzene rings is 2. The van der Waals surface area contributed by atoms with Gasteiger partial charge in [-0.3, -0.25) is 4.79 Å². The van der Waals surface area contributed by atoms with Crippen molar-refractivity contribution < 1.29 is 9.53 Å². The van der Waals surface area contributed by atoms with E-state index in [0.29, 0.717) is 19.0 Å². The normalized spacial score (nSPS) is 16.0. The molecule has 4 rings (SSSR count). The summed E-state index contributed by atoms with van der Waals surface area (Å²) in [5.74, 6) is 0.602. The number of aromatic nitrogens is 2. The Morgan fingerprint density at radius 2 is 2.00 bits per heavy atom. The first-order valence-corrected chi connectivity index (χ1v) is 9.74. The highest BCUT2D eigenvalue weighted by Gasteiger charge is 2.23. The summed E-state index contributed by atoms with van der Waals surface area (Å²) in [7, 11) is 0. The van der Waals surface area contributed by atoms with E-state index in [-0.39, 0.29) is 18.4 Å². The van der Waals surface area contributed by atoms with Gasteiger partial charge in [-0.25, -0.2) is 4.68 Å². The van der Waals surface area contributed by atoms with Gasteiger partial charge in [0.15, 0.2) is 0 Å². The number of anilines is 1. The van der Waals surface area contributed by atoms with E-state index in [4.69, 9.17) is 4.74 Å². The van der Waals surface area contributed by atoms with Gasteiger partial charge >= 0.3 is 0 Å². The molecule has 1 amide bonds. The van der Waals surface area contributed by atoms with Crippen molar-refractivity contribution in [1.82, 2.24) is 9.78 Å². The molecule has 0 saturated carbocycles. The van der Waals surface area contributed by atoms with Gasteiger partial charge in [0.2, 0.25) is 5.91 Å². The maximum Gasteiger partial charge on any atom is 0.228 e. The van der Waals surface area contributed by atoms with Gasteiger partial charge in [-0.2, -0.15) is 5.10 Å². The van der Waals surface area contributed by atoms with Gasteiger partial charge in [0.1, 0.15) is 5.82 Å². The molecule has 2 heterocycles. The minimum absolute atomic E-state index is 0.0782. The topological polar surface area (TPSA) is 56.1 Å². The zero-order chi connectivity index (χ0) is 18.6. The van der Waals surface area contributed by atoms with Gasteiger partial charge in [-0.15, -0.1) is 0 Å². The molecule has 2 aromatic carbocycles. The molecule has 27 heavy (non-hydrogen) atoms. The molecule has 0 fully saturated rings. The van der Waals surface area contributed by atoms with Crippen molar-refractivity contribution in [2.45, 2.75) is 25.5 Å². The Kier molecular flexibility index (Phi) is 5.36. The molecule has 0 radical (unpaired) electrons. The Hall–Kier alpha value is -2.44. The lowest BCUT2D eigenvalue weighted by Gasteiger charge is -2.25. The average Bonchev–Trinajstić information content (AvgIpc) is 3.10. The summed E-state index contributed by atoms with van der Waals surface area (Å²) in [5.41, 5.74) is 3.47. The predicted octanol–water partition coefficient (Wildman–Crippen LogP) is 4.34. The standard InChI is InChI=1S/C21H20BrN3O2/c22-18-8-4-2-6-16(18)14-25-20(9-11-23-25)24-21(26)13-19-17-7-3-1-5-15(17)10-12-27-19/h1-9,11,19H,10,12-14H2,(H,24,26). The molecule has 1 atom stereocenters. The number of carbonyl (C=O) groups is 1. The first-order valence-electron chi connectivity index (χ1n) is 8.95. The van der Waals surface area contributed by atoms with Gasteiger partial charge in [0.05, 0.1) is 31.9 Å². The number of halogens is 1. The number of ether oxygens (including phenoxy) is 1. The van der Waals surface area contributed by atoms with Crippen molar-refractivity contribution >= 4 is 27.7 Å². The molecule has 0 saturated heterocycles. The molecule has 5 nitrogen and oxygen atoms in total. The van der Waals surface area contributed by atoms with Gasteiger partial charge < -0.3 is 10.1 Å². The number of hydrogen-bond acceptors (Lipinski definition) is 3. The third-order valence-corrected chi connectivity index (χ3v) is 5.50. The summed E-state index contributed by atoms with van der Waals surface area (Å²) < 4.78 is 8.65. The third-order valence-electron chi connectivity index (χ3n) is 4.73. The number of nitrogens with zero attached hydrogens (tertiary/aromatic N) is 2. The molecule has 0 spiro atoms. The summed E-state index contributed by atoms with van der Waals surface area (Å²) in [6.45, 7) is 1.22. The van der Waals surface area contributed by atoms with E-state index in [2.05, 4.69) is 32.4 Å². The predicted molar refractivity (Wildman–Crippen MR) is 108 cm³/mol. The van der Waals surface area contributed by atoms with E-state index >= 15 is 0 Å². The molecule has 3 aromatic rings. The van der Waals surface area contributed by atoms with Crippen LogP contribution in [-0.2, 0) is 22.5 Å². The molecule has 1 unspecified atom stereocenters. The van der Waals surface area contributed by atoms with Gasteiger partial charge in [0, 0.05) is 10.5 Å². The van der Waals surface area contributed by atoms with Crippen LogP contribution in [0.3, 0.4) is 0 Å². The maximum atomic E-state index is 12.6. The summed E-state index contributed by atoms with van der Waals surface area (Å²) >= 11 is 3.55. The molecule has 138 valence electrons. The molecule has 1 aromatic heterocycles. The van der Waals surface area contributed by atoms with E-state index in [0.717, 1.165) is 22.0 Å². The van der Waals surface area contributed by atoms with Crippen LogP contribution in [0.2, 0.25) is 0 Å². The second-order valence-electron chi connectivity index (χ2n) is 6.53. The van der Waals surface area contributed by atoms with Crippen LogP contribution >= 0.6 is 15.9 Å². The lowest BCUT2D eigenvalue weighted by atomic mass is 9.96. The largest absolute Gasteiger partial charge is 0.373 e. The lowest BCUT2D eigenvalue weighted by molar-refractivity contribution is -0.119. The molecule has 0 aliphatic carbocycles. The minimum Gasteiger partial charge on any atom is -0.373 e. The Balaban J connectivity index is 1.44. The monoisotopic (exact) mass is 425 g/mol. The number of fused-ring (bicyclic) bond motifs is 1. The summed E-state index contributed by atoms with van der Waals surface area (Å²) in [4.78, 5) is 12.6. The van der Waals surface area contributed by atoms with Crippen molar-refractivity contribution in [2.75, 3.05) is 11.9 Å². The third kappa shape index (κ3) is 4.12. The number of rotatable bonds is 5. The zero-order valence-corrected chi connectivity index (χ0v) is 16.4. The Morgan fingerprint density at radius 1 is 1.19 bits per heavy atom. The number of carbonyl (C=O) groups excluding carboxylic acids is 1. The lowest BCUT2D eigenvalue weighted by Crippen LogP contribution is -2.23. The van der Waals surface area contributed by atoms with Crippen molar-refractivity contribution in [3.63, 3.8) is 0 Å². The quantitative estimate of drug-likeness (QED) is 0.661. The van der Waals surface area contributed by atoms with Crippen LogP contribution < -0.4 is 5.32 Å². The first kappa shape index (κ1) is 17.9. The van der Waals surface area contributed by atoms with E-state index in [1.165, 1.54) is 5.56 Å². The highest BCUT2D eigenvalue weighted by molar-refractivity contribution is 9.10. The second kappa shape index (κ2) is 8.06. The fourth-order valence-electron chi connectivity index (χ4n) is 3.36. The van der Waals surface area contributed by atoms with E-state index in [1.807, 2.05) is 48.5 Å². The fraction of sp³-hybridized carbons (Fsp3) is 0.238. The van der Waals surface area contributed by atoms with Crippen molar-refractivity contribution in [2.24, 2.45) is 0 Å². The van der Waals surface area contributed by atoms with E-state index < -0.39 is 0 Å². The van der Waals surface area contributed by atoms with Gasteiger partial charge in [-0.1, -0.05) is 58.4 Å². The smallest absolute Gasteiger partial charge is 0.228 e. The zero-order valence-electron chi connectivity index (χ0n) is 14.8. The average molecular weight is 426 g/mol. The molecular formula is C21H20BrN3O2. The van der Waals surface area contributed by atoms with Gasteiger partial charge in [-0.05, 0) is 29.2 Å². The highest BCUT2D eigenvalue weighted by Crippen LogP contribution is 2.29. The number of amides is 1. The van der Waals surface area contributed by atoms with Crippen LogP contribution in [0.25, 0.3) is 0 Å². The van der Waals surface area contributed by atoms with E-state index in [9.17, 15) is 4.79 Å². The maximum absolute atomic E-state index is 12.6. The van der Waals surface area contributed by atoms with Crippen molar-refractivity contribution in [3.8, 4) is 0 Å². The van der Waals surface area contributed by atoms with E-state index in [1.54, 1.807) is 10.9 Å². The minimum atomic E-state index is -0.199. The fourth-order valence-corrected chi connectivity index (χ4v) is 3.77. The van der Waals surface area contributed by atoms with Crippen LogP contribution in [0.1, 0.15) is 29.2 Å². The van der Waals surface area contributed by atoms with Crippen LogP contribution in [0.5, 0.6) is 0 Å². The van der Waals surface area contributed by atoms with Crippen molar-refractivity contribution in [3.05, 3.63) is 82.0 Å². The van der Waals surface area contributed by atoms with Crippen LogP contribution in [-0.4, -0.2) is 22.3 Å². The summed E-state index contributed by atoms with van der Waals surface area (Å²) in [6.07, 6.45) is 2.68. The molecule has 1 N–H and O–H groups in total. The van der Waals surface area contributed by atoms with Crippen molar-refractivity contribution in [1.29, 1.82) is 0 Å². The van der Waals surface area contributed by atoms with Crippen LogP contribution in [0, 0.1) is 0 Å². The Bertz CT molecular complexity index is 954. The molecular weight excluding hydrogens is 406 g/mol. The SMILES string of the molecule is O=C(CC1OCCc2ccccc21)Nc1ccnn1Cc1ccccc1Br. The van der Waals surface area contributed by atoms with Gasteiger partial charge in [0.25, 0.3) is 0 Å². The summed E-state index contributed by atoms with van der Waals surface area (Å²) in [6, 6.07) is 18.0. The summed E-state index contributed by atoms with van der Waals surface area (Å²) in [5, 5.41) is 7.31. The van der Waals surface area contributed by atoms with Crippen LogP contribution in [0.15, 0.2) is 65.3 Å². The highest BCUT2D eigenvalue weighted by atomic mass is 79.9. The Morgan fingerprint density at radius 3 is 2.89 bits per heavy atom. The Labute approximate surface area is 166 Å². The second-order valence-corrected chi connectivity index (χ2v) is 7.38. The van der Waals surface area contributed by atoms with Crippen LogP contribution in [0.4, 0.5) is 5.82 Å². The molecule has 6 heteroatoms. The number of nitrogens with one attached hydrogen (secondary N) is 1.